The van der Waals surface area contributed by atoms with Crippen molar-refractivity contribution in [2.24, 2.45) is 0 Å². The number of nitrogens with zero attached hydrogens (tertiary/aromatic N) is 1. The van der Waals surface area contributed by atoms with Crippen molar-refractivity contribution in [1.29, 1.82) is 0 Å². The standard InChI is InChI=1S/C10H16N2O2S2/c1-8-12-10(7-15-8)6-11-9-2-4-16(13,14)5-3-9/h7,9,11H,2-6H2,1H3. The van der Waals surface area contributed by atoms with Crippen molar-refractivity contribution in [3.05, 3.63) is 16.1 Å². The van der Waals surface area contributed by atoms with Crippen LogP contribution >= 0.6 is 11.3 Å². The molecule has 0 spiro atoms. The van der Waals surface area contributed by atoms with Gasteiger partial charge in [-0.2, -0.15) is 0 Å². The fourth-order valence-electron chi connectivity index (χ4n) is 1.83. The van der Waals surface area contributed by atoms with Crippen LogP contribution in [-0.2, 0) is 16.4 Å². The van der Waals surface area contributed by atoms with E-state index >= 15 is 0 Å². The van der Waals surface area contributed by atoms with E-state index in [-0.39, 0.29) is 0 Å². The number of hydrogen-bond donors (Lipinski definition) is 1. The number of nitrogens with one attached hydrogen (secondary N) is 1. The molecule has 0 atom stereocenters. The summed E-state index contributed by atoms with van der Waals surface area (Å²) in [5.41, 5.74) is 1.05. The van der Waals surface area contributed by atoms with Gasteiger partial charge in [-0.15, -0.1) is 11.3 Å². The first-order valence-electron chi connectivity index (χ1n) is 5.40. The molecular weight excluding hydrogens is 244 g/mol. The molecule has 0 aromatic carbocycles. The highest BCUT2D eigenvalue weighted by molar-refractivity contribution is 7.91. The van der Waals surface area contributed by atoms with Crippen LogP contribution in [0.25, 0.3) is 0 Å². The normalized spacial score (nSPS) is 21.1. The Balaban J connectivity index is 1.80. The van der Waals surface area contributed by atoms with E-state index in [1.165, 1.54) is 0 Å². The summed E-state index contributed by atoms with van der Waals surface area (Å²) in [5.74, 6) is 0.640. The number of hydrogen-bond acceptors (Lipinski definition) is 5. The molecule has 1 aliphatic heterocycles. The highest BCUT2D eigenvalue weighted by atomic mass is 32.2. The third-order valence-electron chi connectivity index (χ3n) is 2.79. The Bertz CT molecular complexity index is 439. The van der Waals surface area contributed by atoms with E-state index < -0.39 is 9.84 Å². The number of sulfone groups is 1. The van der Waals surface area contributed by atoms with Gasteiger partial charge in [0.25, 0.3) is 0 Å². The predicted octanol–water partition coefficient (Wildman–Crippen LogP) is 1.12. The summed E-state index contributed by atoms with van der Waals surface area (Å²) in [6.07, 6.45) is 1.46. The Morgan fingerprint density at radius 2 is 2.19 bits per heavy atom. The Labute approximate surface area is 100 Å². The number of aryl methyl sites for hydroxylation is 1. The molecule has 1 N–H and O–H groups in total. The van der Waals surface area contributed by atoms with E-state index in [0.29, 0.717) is 17.5 Å². The number of rotatable bonds is 3. The monoisotopic (exact) mass is 260 g/mol. The molecule has 0 saturated carbocycles. The molecule has 1 fully saturated rings. The molecule has 4 nitrogen and oxygen atoms in total. The van der Waals surface area contributed by atoms with E-state index in [9.17, 15) is 8.42 Å². The summed E-state index contributed by atoms with van der Waals surface area (Å²) >= 11 is 1.64. The zero-order chi connectivity index (χ0) is 11.6. The summed E-state index contributed by atoms with van der Waals surface area (Å²) in [7, 11) is -2.75. The zero-order valence-electron chi connectivity index (χ0n) is 9.27. The zero-order valence-corrected chi connectivity index (χ0v) is 10.9. The van der Waals surface area contributed by atoms with Crippen molar-refractivity contribution in [1.82, 2.24) is 10.3 Å². The maximum absolute atomic E-state index is 11.2. The number of thiazole rings is 1. The van der Waals surface area contributed by atoms with Crippen molar-refractivity contribution in [3.63, 3.8) is 0 Å². The van der Waals surface area contributed by atoms with Gasteiger partial charge in [-0.25, -0.2) is 13.4 Å². The topological polar surface area (TPSA) is 59.1 Å². The molecule has 0 bridgehead atoms. The van der Waals surface area contributed by atoms with Crippen LogP contribution in [-0.4, -0.2) is 30.9 Å². The maximum Gasteiger partial charge on any atom is 0.150 e. The summed E-state index contributed by atoms with van der Waals surface area (Å²) < 4.78 is 22.5. The molecule has 1 aliphatic rings. The summed E-state index contributed by atoms with van der Waals surface area (Å²) in [6, 6.07) is 0.325. The van der Waals surface area contributed by atoms with Crippen molar-refractivity contribution in [2.45, 2.75) is 32.4 Å². The van der Waals surface area contributed by atoms with Gasteiger partial charge in [0.05, 0.1) is 22.2 Å². The van der Waals surface area contributed by atoms with Gasteiger partial charge in [0.1, 0.15) is 9.84 Å². The predicted molar refractivity (Wildman–Crippen MR) is 65.4 cm³/mol. The lowest BCUT2D eigenvalue weighted by Gasteiger charge is -2.22. The van der Waals surface area contributed by atoms with Crippen LogP contribution in [0.3, 0.4) is 0 Å². The van der Waals surface area contributed by atoms with Crippen LogP contribution in [0, 0.1) is 6.92 Å². The maximum atomic E-state index is 11.2. The summed E-state index contributed by atoms with van der Waals surface area (Å²) in [6.45, 7) is 2.73. The third kappa shape index (κ3) is 3.26. The van der Waals surface area contributed by atoms with Gasteiger partial charge in [0.2, 0.25) is 0 Å². The highest BCUT2D eigenvalue weighted by Crippen LogP contribution is 2.13. The molecule has 1 aromatic rings. The van der Waals surface area contributed by atoms with E-state index in [2.05, 4.69) is 10.3 Å². The van der Waals surface area contributed by atoms with Crippen molar-refractivity contribution >= 4 is 21.2 Å². The lowest BCUT2D eigenvalue weighted by molar-refractivity contribution is 0.460. The minimum Gasteiger partial charge on any atom is -0.308 e. The van der Waals surface area contributed by atoms with Crippen molar-refractivity contribution < 1.29 is 8.42 Å². The molecule has 0 amide bonds. The molecular formula is C10H16N2O2S2. The van der Waals surface area contributed by atoms with Crippen LogP contribution in [0.15, 0.2) is 5.38 Å². The van der Waals surface area contributed by atoms with E-state index in [1.807, 2.05) is 12.3 Å². The van der Waals surface area contributed by atoms with E-state index in [0.717, 1.165) is 30.1 Å². The van der Waals surface area contributed by atoms with Crippen LogP contribution in [0.1, 0.15) is 23.5 Å². The molecule has 0 aliphatic carbocycles. The lowest BCUT2D eigenvalue weighted by atomic mass is 10.1. The van der Waals surface area contributed by atoms with Gasteiger partial charge < -0.3 is 5.32 Å². The third-order valence-corrected chi connectivity index (χ3v) is 5.33. The average molecular weight is 260 g/mol. The Kier molecular flexibility index (Phi) is 3.61. The second-order valence-corrected chi connectivity index (χ2v) is 7.53. The molecule has 0 radical (unpaired) electrons. The molecule has 1 saturated heterocycles. The first-order valence-corrected chi connectivity index (χ1v) is 8.10. The molecule has 1 aromatic heterocycles. The van der Waals surface area contributed by atoms with Crippen molar-refractivity contribution in [2.75, 3.05) is 11.5 Å². The van der Waals surface area contributed by atoms with E-state index in [1.54, 1.807) is 11.3 Å². The molecule has 0 unspecified atom stereocenters. The largest absolute Gasteiger partial charge is 0.308 e. The van der Waals surface area contributed by atoms with Gasteiger partial charge >= 0.3 is 0 Å². The smallest absolute Gasteiger partial charge is 0.150 e. The summed E-state index contributed by atoms with van der Waals surface area (Å²) in [4.78, 5) is 4.36. The van der Waals surface area contributed by atoms with E-state index in [4.69, 9.17) is 0 Å². The van der Waals surface area contributed by atoms with Gasteiger partial charge in [0.15, 0.2) is 0 Å². The molecule has 90 valence electrons. The van der Waals surface area contributed by atoms with Gasteiger partial charge in [-0.05, 0) is 19.8 Å². The number of aromatic nitrogens is 1. The second kappa shape index (κ2) is 4.81. The molecule has 2 heterocycles. The van der Waals surface area contributed by atoms with Crippen LogP contribution in [0.2, 0.25) is 0 Å². The average Bonchev–Trinajstić information content (AvgIpc) is 2.63. The Morgan fingerprint density at radius 1 is 1.50 bits per heavy atom. The molecule has 6 heteroatoms. The fraction of sp³-hybridized carbons (Fsp3) is 0.700. The van der Waals surface area contributed by atoms with Crippen LogP contribution < -0.4 is 5.32 Å². The fourth-order valence-corrected chi connectivity index (χ4v) is 3.94. The van der Waals surface area contributed by atoms with Crippen LogP contribution in [0.4, 0.5) is 0 Å². The quantitative estimate of drug-likeness (QED) is 0.884. The summed E-state index contributed by atoms with van der Waals surface area (Å²) in [5, 5.41) is 6.48. The second-order valence-electron chi connectivity index (χ2n) is 4.16. The Hall–Kier alpha value is -0.460. The minimum absolute atomic E-state index is 0.320. The van der Waals surface area contributed by atoms with Crippen molar-refractivity contribution in [3.8, 4) is 0 Å². The van der Waals surface area contributed by atoms with Gasteiger partial charge in [-0.3, -0.25) is 0 Å². The lowest BCUT2D eigenvalue weighted by Crippen LogP contribution is -2.37. The minimum atomic E-state index is -2.75. The van der Waals surface area contributed by atoms with Gasteiger partial charge in [0, 0.05) is 18.0 Å². The first-order chi connectivity index (χ1) is 7.55. The first kappa shape index (κ1) is 12.0. The van der Waals surface area contributed by atoms with Crippen LogP contribution in [0.5, 0.6) is 0 Å². The highest BCUT2D eigenvalue weighted by Gasteiger charge is 2.23. The van der Waals surface area contributed by atoms with Gasteiger partial charge in [-0.1, -0.05) is 0 Å². The molecule has 16 heavy (non-hydrogen) atoms. The SMILES string of the molecule is Cc1nc(CNC2CCS(=O)(=O)CC2)cs1. The molecule has 2 rings (SSSR count). The Morgan fingerprint density at radius 3 is 2.75 bits per heavy atom.